The van der Waals surface area contributed by atoms with Gasteiger partial charge in [0.1, 0.15) is 0 Å². The Morgan fingerprint density at radius 1 is 0.750 bits per heavy atom. The molecule has 1 heteroatoms. The smallest absolute Gasteiger partial charge is 0.00955 e. The van der Waals surface area contributed by atoms with E-state index in [0.717, 1.165) is 17.9 Å². The number of rotatable bonds is 1. The Morgan fingerprint density at radius 3 is 1.83 bits per heavy atom. The van der Waals surface area contributed by atoms with Crippen molar-refractivity contribution in [3.8, 4) is 0 Å². The molecule has 0 spiro atoms. The maximum absolute atomic E-state index is 2.79. The van der Waals surface area contributed by atoms with Crippen LogP contribution in [-0.2, 0) is 0 Å². The topological polar surface area (TPSA) is 3.24 Å². The molecule has 3 aliphatic rings. The lowest BCUT2D eigenvalue weighted by molar-refractivity contribution is 0.147. The minimum atomic E-state index is 1.01. The van der Waals surface area contributed by atoms with Gasteiger partial charge in [0.05, 0.1) is 0 Å². The molecule has 0 N–H and O–H groups in total. The predicted octanol–water partition coefficient (Wildman–Crippen LogP) is 2.27. The lowest BCUT2D eigenvalue weighted by atomic mass is 9.92. The van der Waals surface area contributed by atoms with Crippen LogP contribution < -0.4 is 0 Å². The van der Waals surface area contributed by atoms with Crippen molar-refractivity contribution in [2.45, 2.75) is 44.6 Å². The molecule has 0 aromatic carbocycles. The third kappa shape index (κ3) is 1.02. The van der Waals surface area contributed by atoms with Gasteiger partial charge in [-0.2, -0.15) is 0 Å². The highest BCUT2D eigenvalue weighted by Crippen LogP contribution is 2.40. The standard InChI is InChI=1S/C11H19N/c1-3-9-7-12(8-10(9)4-1)11-5-2-6-11/h9-11H,1-8H2. The van der Waals surface area contributed by atoms with Crippen LogP contribution in [0.1, 0.15) is 38.5 Å². The molecule has 3 fully saturated rings. The molecule has 1 nitrogen and oxygen atoms in total. The number of hydrogen-bond acceptors (Lipinski definition) is 1. The van der Waals surface area contributed by atoms with Gasteiger partial charge in [-0.1, -0.05) is 12.8 Å². The summed E-state index contributed by atoms with van der Waals surface area (Å²) in [6.07, 6.45) is 9.09. The summed E-state index contributed by atoms with van der Waals surface area (Å²) < 4.78 is 0. The van der Waals surface area contributed by atoms with E-state index in [9.17, 15) is 0 Å². The number of fused-ring (bicyclic) bond motifs is 1. The fourth-order valence-corrected chi connectivity index (χ4v) is 3.32. The largest absolute Gasteiger partial charge is 0.300 e. The van der Waals surface area contributed by atoms with E-state index in [1.54, 1.807) is 0 Å². The highest BCUT2D eigenvalue weighted by atomic mass is 15.2. The molecule has 12 heavy (non-hydrogen) atoms. The summed E-state index contributed by atoms with van der Waals surface area (Å²) in [7, 11) is 0. The van der Waals surface area contributed by atoms with E-state index in [1.807, 2.05) is 0 Å². The highest BCUT2D eigenvalue weighted by Gasteiger charge is 2.39. The Morgan fingerprint density at radius 2 is 1.33 bits per heavy atom. The normalized spacial score (nSPS) is 43.0. The van der Waals surface area contributed by atoms with Crippen molar-refractivity contribution in [1.82, 2.24) is 4.90 Å². The van der Waals surface area contributed by atoms with Crippen molar-refractivity contribution >= 4 is 0 Å². The molecule has 1 aliphatic heterocycles. The molecular weight excluding hydrogens is 146 g/mol. The van der Waals surface area contributed by atoms with Gasteiger partial charge in [-0.05, 0) is 37.5 Å². The van der Waals surface area contributed by atoms with E-state index < -0.39 is 0 Å². The summed E-state index contributed by atoms with van der Waals surface area (Å²) in [5.41, 5.74) is 0. The fraction of sp³-hybridized carbons (Fsp3) is 1.00. The first-order valence-electron chi connectivity index (χ1n) is 5.67. The van der Waals surface area contributed by atoms with Crippen LogP contribution in [0.3, 0.4) is 0 Å². The zero-order valence-electron chi connectivity index (χ0n) is 7.84. The lowest BCUT2D eigenvalue weighted by Gasteiger charge is -2.35. The van der Waals surface area contributed by atoms with Crippen LogP contribution in [0.2, 0.25) is 0 Å². The van der Waals surface area contributed by atoms with Crippen molar-refractivity contribution in [1.29, 1.82) is 0 Å². The van der Waals surface area contributed by atoms with E-state index in [2.05, 4.69) is 4.90 Å². The molecule has 2 atom stereocenters. The average Bonchev–Trinajstić information content (AvgIpc) is 2.40. The molecule has 2 unspecified atom stereocenters. The maximum Gasteiger partial charge on any atom is 0.00955 e. The van der Waals surface area contributed by atoms with E-state index in [1.165, 1.54) is 51.6 Å². The predicted molar refractivity (Wildman–Crippen MR) is 50.0 cm³/mol. The Hall–Kier alpha value is -0.0400. The molecule has 0 aromatic heterocycles. The zero-order valence-corrected chi connectivity index (χ0v) is 7.84. The van der Waals surface area contributed by atoms with Crippen LogP contribution in [0, 0.1) is 11.8 Å². The van der Waals surface area contributed by atoms with Crippen LogP contribution >= 0.6 is 0 Å². The minimum absolute atomic E-state index is 1.01. The molecular formula is C11H19N. The second kappa shape index (κ2) is 2.73. The quantitative estimate of drug-likeness (QED) is 0.576. The van der Waals surface area contributed by atoms with E-state index in [-0.39, 0.29) is 0 Å². The Kier molecular flexibility index (Phi) is 1.68. The number of hydrogen-bond donors (Lipinski definition) is 0. The summed E-state index contributed by atoms with van der Waals surface area (Å²) in [4.78, 5) is 2.79. The Bertz CT molecular complexity index is 162. The molecule has 2 aliphatic carbocycles. The van der Waals surface area contributed by atoms with Gasteiger partial charge < -0.3 is 0 Å². The van der Waals surface area contributed by atoms with Crippen LogP contribution in [0.25, 0.3) is 0 Å². The fourth-order valence-electron chi connectivity index (χ4n) is 3.32. The SMILES string of the molecule is C1CC2CN(C3CCC3)CC2C1. The molecule has 2 saturated carbocycles. The average molecular weight is 165 g/mol. The van der Waals surface area contributed by atoms with E-state index in [0.29, 0.717) is 0 Å². The van der Waals surface area contributed by atoms with E-state index in [4.69, 9.17) is 0 Å². The van der Waals surface area contributed by atoms with Gasteiger partial charge in [0.25, 0.3) is 0 Å². The first-order chi connectivity index (χ1) is 5.93. The van der Waals surface area contributed by atoms with Gasteiger partial charge in [-0.15, -0.1) is 0 Å². The molecule has 1 heterocycles. The van der Waals surface area contributed by atoms with Crippen molar-refractivity contribution in [2.24, 2.45) is 11.8 Å². The second-order valence-corrected chi connectivity index (χ2v) is 4.99. The van der Waals surface area contributed by atoms with Crippen molar-refractivity contribution in [3.63, 3.8) is 0 Å². The van der Waals surface area contributed by atoms with Gasteiger partial charge >= 0.3 is 0 Å². The van der Waals surface area contributed by atoms with Crippen molar-refractivity contribution in [3.05, 3.63) is 0 Å². The summed E-state index contributed by atoms with van der Waals surface area (Å²) in [5, 5.41) is 0. The summed E-state index contributed by atoms with van der Waals surface area (Å²) in [5.74, 6) is 2.20. The minimum Gasteiger partial charge on any atom is -0.300 e. The molecule has 68 valence electrons. The number of likely N-dealkylation sites (tertiary alicyclic amines) is 1. The molecule has 0 radical (unpaired) electrons. The van der Waals surface area contributed by atoms with Gasteiger partial charge in [0.15, 0.2) is 0 Å². The van der Waals surface area contributed by atoms with Gasteiger partial charge in [-0.3, -0.25) is 4.90 Å². The van der Waals surface area contributed by atoms with Crippen LogP contribution in [0.4, 0.5) is 0 Å². The summed E-state index contributed by atoms with van der Waals surface area (Å²) in [6, 6.07) is 1.01. The number of nitrogens with zero attached hydrogens (tertiary/aromatic N) is 1. The first kappa shape index (κ1) is 7.37. The van der Waals surface area contributed by atoms with Gasteiger partial charge in [0, 0.05) is 19.1 Å². The third-order valence-corrected chi connectivity index (χ3v) is 4.35. The van der Waals surface area contributed by atoms with Crippen LogP contribution in [-0.4, -0.2) is 24.0 Å². The Balaban J connectivity index is 1.63. The van der Waals surface area contributed by atoms with E-state index >= 15 is 0 Å². The maximum atomic E-state index is 2.79. The lowest BCUT2D eigenvalue weighted by Crippen LogP contribution is -2.38. The third-order valence-electron chi connectivity index (χ3n) is 4.35. The van der Waals surface area contributed by atoms with Crippen molar-refractivity contribution in [2.75, 3.05) is 13.1 Å². The Labute approximate surface area is 75.1 Å². The summed E-state index contributed by atoms with van der Waals surface area (Å²) >= 11 is 0. The molecule has 3 rings (SSSR count). The molecule has 0 amide bonds. The second-order valence-electron chi connectivity index (χ2n) is 4.99. The molecule has 0 bridgehead atoms. The highest BCUT2D eigenvalue weighted by molar-refractivity contribution is 4.93. The van der Waals surface area contributed by atoms with Crippen molar-refractivity contribution < 1.29 is 0 Å². The summed E-state index contributed by atoms with van der Waals surface area (Å²) in [6.45, 7) is 2.91. The van der Waals surface area contributed by atoms with Crippen LogP contribution in [0.15, 0.2) is 0 Å². The molecule has 0 aromatic rings. The zero-order chi connectivity index (χ0) is 7.97. The first-order valence-corrected chi connectivity index (χ1v) is 5.67. The monoisotopic (exact) mass is 165 g/mol. The van der Waals surface area contributed by atoms with Gasteiger partial charge in [0.2, 0.25) is 0 Å². The molecule has 1 saturated heterocycles. The van der Waals surface area contributed by atoms with Gasteiger partial charge in [-0.25, -0.2) is 0 Å². The van der Waals surface area contributed by atoms with Crippen LogP contribution in [0.5, 0.6) is 0 Å².